The summed E-state index contributed by atoms with van der Waals surface area (Å²) in [6.45, 7) is 9.40. The first-order valence-corrected chi connectivity index (χ1v) is 8.33. The van der Waals surface area contributed by atoms with Gasteiger partial charge in [-0.1, -0.05) is 17.7 Å². The largest absolute Gasteiger partial charge is 0.368 e. The van der Waals surface area contributed by atoms with Crippen LogP contribution < -0.4 is 4.90 Å². The van der Waals surface area contributed by atoms with Crippen LogP contribution in [0.25, 0.3) is 0 Å². The van der Waals surface area contributed by atoms with Gasteiger partial charge in [0.25, 0.3) is 5.91 Å². The molecule has 1 heterocycles. The zero-order valence-electron chi connectivity index (χ0n) is 14.5. The Kier molecular flexibility index (Phi) is 4.56. The van der Waals surface area contributed by atoms with Crippen molar-refractivity contribution in [3.8, 4) is 0 Å². The van der Waals surface area contributed by atoms with Crippen LogP contribution in [0.4, 0.5) is 10.1 Å². The molecule has 1 aliphatic rings. The van der Waals surface area contributed by atoms with Crippen molar-refractivity contribution in [2.45, 2.75) is 20.8 Å². The lowest BCUT2D eigenvalue weighted by atomic mass is 10.0. The highest BCUT2D eigenvalue weighted by atomic mass is 19.1. The Morgan fingerprint density at radius 1 is 0.917 bits per heavy atom. The molecule has 1 fully saturated rings. The molecule has 0 radical (unpaired) electrons. The SMILES string of the molecule is Cc1cc(C)c(N2CCN(C(=O)c3ccc(F)cc3)CC2)c(C)c1. The van der Waals surface area contributed by atoms with Crippen molar-refractivity contribution in [2.75, 3.05) is 31.1 Å². The van der Waals surface area contributed by atoms with Gasteiger partial charge in [0.1, 0.15) is 5.82 Å². The fraction of sp³-hybridized carbons (Fsp3) is 0.350. The maximum atomic E-state index is 13.0. The van der Waals surface area contributed by atoms with Crippen LogP contribution in [0.3, 0.4) is 0 Å². The molecule has 0 aliphatic carbocycles. The van der Waals surface area contributed by atoms with Gasteiger partial charge in [-0.2, -0.15) is 0 Å². The molecule has 0 bridgehead atoms. The van der Waals surface area contributed by atoms with E-state index in [-0.39, 0.29) is 11.7 Å². The van der Waals surface area contributed by atoms with Crippen molar-refractivity contribution >= 4 is 11.6 Å². The number of nitrogens with zero attached hydrogens (tertiary/aromatic N) is 2. The summed E-state index contributed by atoms with van der Waals surface area (Å²) in [6.07, 6.45) is 0. The highest BCUT2D eigenvalue weighted by Gasteiger charge is 2.23. The number of benzene rings is 2. The molecule has 2 aromatic carbocycles. The second-order valence-corrected chi connectivity index (χ2v) is 6.53. The van der Waals surface area contributed by atoms with Gasteiger partial charge in [0, 0.05) is 37.4 Å². The molecule has 1 saturated heterocycles. The topological polar surface area (TPSA) is 23.6 Å². The summed E-state index contributed by atoms with van der Waals surface area (Å²) in [5.74, 6) is -0.339. The molecular weight excluding hydrogens is 303 g/mol. The molecular formula is C20H23FN2O. The van der Waals surface area contributed by atoms with Gasteiger partial charge in [-0.15, -0.1) is 0 Å². The molecule has 126 valence electrons. The molecule has 0 spiro atoms. The molecule has 4 heteroatoms. The summed E-state index contributed by atoms with van der Waals surface area (Å²) in [4.78, 5) is 16.7. The number of hydrogen-bond acceptors (Lipinski definition) is 2. The van der Waals surface area contributed by atoms with Gasteiger partial charge in [0.2, 0.25) is 0 Å². The van der Waals surface area contributed by atoms with Crippen LogP contribution >= 0.6 is 0 Å². The standard InChI is InChI=1S/C20H23FN2O/c1-14-12-15(2)19(16(3)13-14)22-8-10-23(11-9-22)20(24)17-4-6-18(21)7-5-17/h4-7,12-13H,8-11H2,1-3H3. The molecule has 0 N–H and O–H groups in total. The van der Waals surface area contributed by atoms with Crippen molar-refractivity contribution < 1.29 is 9.18 Å². The Morgan fingerprint density at radius 3 is 2.00 bits per heavy atom. The van der Waals surface area contributed by atoms with Crippen LogP contribution in [0.5, 0.6) is 0 Å². The number of piperazine rings is 1. The van der Waals surface area contributed by atoms with E-state index in [0.717, 1.165) is 13.1 Å². The maximum absolute atomic E-state index is 13.0. The average Bonchev–Trinajstić information content (AvgIpc) is 2.54. The minimum atomic E-state index is -0.318. The first-order valence-electron chi connectivity index (χ1n) is 8.33. The molecule has 0 aromatic heterocycles. The first kappa shape index (κ1) is 16.5. The summed E-state index contributed by atoms with van der Waals surface area (Å²) in [5.41, 5.74) is 5.68. The van der Waals surface area contributed by atoms with Gasteiger partial charge in [0.15, 0.2) is 0 Å². The lowest BCUT2D eigenvalue weighted by Gasteiger charge is -2.37. The molecule has 24 heavy (non-hydrogen) atoms. The molecule has 3 rings (SSSR count). The monoisotopic (exact) mass is 326 g/mol. The zero-order valence-corrected chi connectivity index (χ0v) is 14.5. The summed E-state index contributed by atoms with van der Waals surface area (Å²) in [6, 6.07) is 10.2. The average molecular weight is 326 g/mol. The number of aryl methyl sites for hydroxylation is 3. The van der Waals surface area contributed by atoms with Gasteiger partial charge in [-0.05, 0) is 56.2 Å². The summed E-state index contributed by atoms with van der Waals surface area (Å²) >= 11 is 0. The molecule has 0 saturated carbocycles. The first-order chi connectivity index (χ1) is 11.5. The van der Waals surface area contributed by atoms with Crippen molar-refractivity contribution in [3.05, 3.63) is 64.5 Å². The lowest BCUT2D eigenvalue weighted by molar-refractivity contribution is 0.0746. The van der Waals surface area contributed by atoms with Gasteiger partial charge in [-0.3, -0.25) is 4.79 Å². The van der Waals surface area contributed by atoms with E-state index in [9.17, 15) is 9.18 Å². The van der Waals surface area contributed by atoms with E-state index in [2.05, 4.69) is 37.8 Å². The molecule has 3 nitrogen and oxygen atoms in total. The maximum Gasteiger partial charge on any atom is 0.253 e. The Morgan fingerprint density at radius 2 is 1.46 bits per heavy atom. The van der Waals surface area contributed by atoms with Crippen LogP contribution in [0.1, 0.15) is 27.0 Å². The number of hydrogen-bond donors (Lipinski definition) is 0. The van der Waals surface area contributed by atoms with E-state index in [1.54, 1.807) is 12.1 Å². The number of anilines is 1. The van der Waals surface area contributed by atoms with Gasteiger partial charge >= 0.3 is 0 Å². The second-order valence-electron chi connectivity index (χ2n) is 6.53. The third kappa shape index (κ3) is 3.28. The van der Waals surface area contributed by atoms with E-state index < -0.39 is 0 Å². The van der Waals surface area contributed by atoms with Crippen molar-refractivity contribution in [1.82, 2.24) is 4.90 Å². The normalized spacial score (nSPS) is 14.8. The number of carbonyl (C=O) groups excluding carboxylic acids is 1. The molecule has 0 unspecified atom stereocenters. The van der Waals surface area contributed by atoms with Gasteiger partial charge < -0.3 is 9.80 Å². The minimum Gasteiger partial charge on any atom is -0.368 e. The van der Waals surface area contributed by atoms with Crippen molar-refractivity contribution in [2.24, 2.45) is 0 Å². The Labute approximate surface area is 142 Å². The lowest BCUT2D eigenvalue weighted by Crippen LogP contribution is -2.49. The van der Waals surface area contributed by atoms with Gasteiger partial charge in [-0.25, -0.2) is 4.39 Å². The highest BCUT2D eigenvalue weighted by molar-refractivity contribution is 5.94. The Balaban J connectivity index is 1.70. The Bertz CT molecular complexity index is 724. The summed E-state index contributed by atoms with van der Waals surface area (Å²) < 4.78 is 13.0. The van der Waals surface area contributed by atoms with E-state index in [0.29, 0.717) is 18.7 Å². The summed E-state index contributed by atoms with van der Waals surface area (Å²) in [5, 5.41) is 0. The van der Waals surface area contributed by atoms with Crippen LogP contribution in [0, 0.1) is 26.6 Å². The van der Waals surface area contributed by atoms with E-state index >= 15 is 0 Å². The van der Waals surface area contributed by atoms with Gasteiger partial charge in [0.05, 0.1) is 0 Å². The number of carbonyl (C=O) groups is 1. The molecule has 1 amide bonds. The smallest absolute Gasteiger partial charge is 0.253 e. The van der Waals surface area contributed by atoms with Crippen LogP contribution in [0.15, 0.2) is 36.4 Å². The quantitative estimate of drug-likeness (QED) is 0.840. The van der Waals surface area contributed by atoms with E-state index in [1.807, 2.05) is 4.90 Å². The van der Waals surface area contributed by atoms with E-state index in [4.69, 9.17) is 0 Å². The second kappa shape index (κ2) is 6.63. The third-order valence-corrected chi connectivity index (χ3v) is 4.61. The van der Waals surface area contributed by atoms with Crippen molar-refractivity contribution in [1.29, 1.82) is 0 Å². The minimum absolute atomic E-state index is 0.0213. The highest BCUT2D eigenvalue weighted by Crippen LogP contribution is 2.27. The van der Waals surface area contributed by atoms with Crippen LogP contribution in [-0.4, -0.2) is 37.0 Å². The number of rotatable bonds is 2. The Hall–Kier alpha value is -2.36. The zero-order chi connectivity index (χ0) is 17.3. The predicted octanol–water partition coefficient (Wildman–Crippen LogP) is 3.71. The number of amides is 1. The fourth-order valence-corrected chi connectivity index (χ4v) is 3.58. The molecule has 2 aromatic rings. The predicted molar refractivity (Wildman–Crippen MR) is 95.2 cm³/mol. The van der Waals surface area contributed by atoms with Crippen LogP contribution in [0.2, 0.25) is 0 Å². The van der Waals surface area contributed by atoms with E-state index in [1.165, 1.54) is 34.5 Å². The molecule has 0 atom stereocenters. The van der Waals surface area contributed by atoms with Crippen LogP contribution in [-0.2, 0) is 0 Å². The third-order valence-electron chi connectivity index (χ3n) is 4.61. The summed E-state index contributed by atoms with van der Waals surface area (Å²) in [7, 11) is 0. The fourth-order valence-electron chi connectivity index (χ4n) is 3.58. The van der Waals surface area contributed by atoms with Crippen molar-refractivity contribution in [3.63, 3.8) is 0 Å². The molecule has 1 aliphatic heterocycles. The number of halogens is 1.